The molecule has 0 saturated carbocycles. The number of fused-ring (bicyclic) bond motifs is 1. The van der Waals surface area contributed by atoms with E-state index in [1.165, 1.54) is 0 Å². The molecule has 0 atom stereocenters. The van der Waals surface area contributed by atoms with Gasteiger partial charge in [-0.1, -0.05) is 36.4 Å². The molecule has 0 aliphatic rings. The van der Waals surface area contributed by atoms with Gasteiger partial charge >= 0.3 is 0 Å². The predicted molar refractivity (Wildman–Crippen MR) is 109 cm³/mol. The molecule has 0 saturated heterocycles. The summed E-state index contributed by atoms with van der Waals surface area (Å²) in [6.45, 7) is 0. The van der Waals surface area contributed by atoms with Gasteiger partial charge in [0.15, 0.2) is 11.7 Å². The summed E-state index contributed by atoms with van der Waals surface area (Å²) < 4.78 is 10.9. The molecule has 0 spiro atoms. The van der Waals surface area contributed by atoms with E-state index in [0.717, 1.165) is 27.8 Å². The van der Waals surface area contributed by atoms with Crippen LogP contribution in [0.2, 0.25) is 0 Å². The Morgan fingerprint density at radius 3 is 2.64 bits per heavy atom. The van der Waals surface area contributed by atoms with Gasteiger partial charge < -0.3 is 14.5 Å². The molecule has 1 heterocycles. The number of carbonyl (C=O) groups is 1. The summed E-state index contributed by atoms with van der Waals surface area (Å²) in [5, 5.41) is 5.10. The summed E-state index contributed by atoms with van der Waals surface area (Å²) in [5.41, 5.74) is 1.73. The number of ether oxygens (including phenoxy) is 1. The third kappa shape index (κ3) is 3.88. The lowest BCUT2D eigenvalue weighted by Gasteiger charge is -2.08. The Hall–Kier alpha value is -3.60. The first-order valence-corrected chi connectivity index (χ1v) is 9.10. The Labute approximate surface area is 163 Å². The van der Waals surface area contributed by atoms with Crippen molar-refractivity contribution in [1.29, 1.82) is 0 Å². The van der Waals surface area contributed by atoms with Crippen LogP contribution >= 0.6 is 0 Å². The number of anilines is 1. The van der Waals surface area contributed by atoms with Gasteiger partial charge in [0.25, 0.3) is 0 Å². The minimum absolute atomic E-state index is 0.0689. The van der Waals surface area contributed by atoms with E-state index in [9.17, 15) is 4.79 Å². The van der Waals surface area contributed by atoms with Crippen LogP contribution in [0.3, 0.4) is 0 Å². The number of amides is 1. The number of carbonyl (C=O) groups excluding carboxylic acids is 1. The van der Waals surface area contributed by atoms with Crippen LogP contribution < -0.4 is 10.1 Å². The van der Waals surface area contributed by atoms with E-state index in [0.29, 0.717) is 24.5 Å². The number of rotatable bonds is 6. The highest BCUT2D eigenvalue weighted by atomic mass is 16.5. The van der Waals surface area contributed by atoms with Crippen LogP contribution in [-0.2, 0) is 11.2 Å². The van der Waals surface area contributed by atoms with Crippen molar-refractivity contribution in [3.8, 4) is 17.1 Å². The molecule has 140 valence electrons. The molecule has 0 bridgehead atoms. The Bertz CT molecular complexity index is 1100. The molecular weight excluding hydrogens is 352 g/mol. The van der Waals surface area contributed by atoms with E-state index in [4.69, 9.17) is 9.15 Å². The molecule has 1 aromatic heterocycles. The van der Waals surface area contributed by atoms with Crippen LogP contribution in [0.1, 0.15) is 12.3 Å². The molecule has 28 heavy (non-hydrogen) atoms. The van der Waals surface area contributed by atoms with E-state index < -0.39 is 0 Å². The standard InChI is InChI=1S/C23H20N2O3/c1-27-18-11-9-17(10-12-18)21-15-24-23(28-21)14-13-22(26)25-20-8-4-6-16-5-2-3-7-19(16)20/h2-12,15H,13-14H2,1H3,(H,25,26). The molecule has 3 aromatic carbocycles. The Balaban J connectivity index is 1.39. The fourth-order valence-corrected chi connectivity index (χ4v) is 3.08. The van der Waals surface area contributed by atoms with Crippen LogP contribution in [-0.4, -0.2) is 18.0 Å². The minimum Gasteiger partial charge on any atom is -0.497 e. The normalized spacial score (nSPS) is 10.8. The first-order valence-electron chi connectivity index (χ1n) is 9.10. The number of nitrogens with zero attached hydrogens (tertiary/aromatic N) is 1. The third-order valence-corrected chi connectivity index (χ3v) is 4.56. The number of aromatic nitrogens is 1. The quantitative estimate of drug-likeness (QED) is 0.513. The zero-order chi connectivity index (χ0) is 19.3. The highest BCUT2D eigenvalue weighted by Gasteiger charge is 2.10. The molecule has 0 aliphatic heterocycles. The average Bonchev–Trinajstić information content (AvgIpc) is 3.22. The van der Waals surface area contributed by atoms with E-state index in [2.05, 4.69) is 10.3 Å². The smallest absolute Gasteiger partial charge is 0.224 e. The van der Waals surface area contributed by atoms with Gasteiger partial charge in [-0.15, -0.1) is 0 Å². The maximum absolute atomic E-state index is 12.4. The van der Waals surface area contributed by atoms with Gasteiger partial charge in [0, 0.05) is 29.5 Å². The summed E-state index contributed by atoms with van der Waals surface area (Å²) >= 11 is 0. The molecule has 1 amide bonds. The SMILES string of the molecule is COc1ccc(-c2cnc(CCC(=O)Nc3cccc4ccccc34)o2)cc1. The summed E-state index contributed by atoms with van der Waals surface area (Å²) in [5.74, 6) is 1.93. The molecule has 1 N–H and O–H groups in total. The molecule has 5 nitrogen and oxygen atoms in total. The van der Waals surface area contributed by atoms with Gasteiger partial charge in [-0.25, -0.2) is 4.98 Å². The van der Waals surface area contributed by atoms with Crippen molar-refractivity contribution < 1.29 is 13.9 Å². The minimum atomic E-state index is -0.0689. The molecule has 4 rings (SSSR count). The van der Waals surface area contributed by atoms with Crippen molar-refractivity contribution in [3.05, 3.63) is 78.8 Å². The van der Waals surface area contributed by atoms with E-state index >= 15 is 0 Å². The number of oxazole rings is 1. The van der Waals surface area contributed by atoms with Crippen LogP contribution in [0.15, 0.2) is 77.3 Å². The molecule has 4 aromatic rings. The van der Waals surface area contributed by atoms with Crippen LogP contribution in [0.5, 0.6) is 5.75 Å². The van der Waals surface area contributed by atoms with Gasteiger partial charge in [-0.2, -0.15) is 0 Å². The van der Waals surface area contributed by atoms with Crippen LogP contribution in [0.25, 0.3) is 22.1 Å². The number of methoxy groups -OCH3 is 1. The topological polar surface area (TPSA) is 64.4 Å². The monoisotopic (exact) mass is 372 g/mol. The number of aryl methyl sites for hydroxylation is 1. The van der Waals surface area contributed by atoms with Crippen molar-refractivity contribution >= 4 is 22.4 Å². The van der Waals surface area contributed by atoms with Gasteiger partial charge in [-0.3, -0.25) is 4.79 Å². The zero-order valence-corrected chi connectivity index (χ0v) is 15.5. The average molecular weight is 372 g/mol. The molecule has 5 heteroatoms. The van der Waals surface area contributed by atoms with Crippen molar-refractivity contribution in [3.63, 3.8) is 0 Å². The van der Waals surface area contributed by atoms with Crippen molar-refractivity contribution in [1.82, 2.24) is 4.98 Å². The Morgan fingerprint density at radius 2 is 1.82 bits per heavy atom. The van der Waals surface area contributed by atoms with Gasteiger partial charge in [-0.05, 0) is 35.7 Å². The van der Waals surface area contributed by atoms with Crippen LogP contribution in [0.4, 0.5) is 5.69 Å². The highest BCUT2D eigenvalue weighted by molar-refractivity contribution is 6.02. The van der Waals surface area contributed by atoms with E-state index in [1.54, 1.807) is 13.3 Å². The second-order valence-electron chi connectivity index (χ2n) is 6.42. The van der Waals surface area contributed by atoms with Crippen molar-refractivity contribution in [2.75, 3.05) is 12.4 Å². The maximum atomic E-state index is 12.4. The first-order chi connectivity index (χ1) is 13.7. The molecule has 0 unspecified atom stereocenters. The maximum Gasteiger partial charge on any atom is 0.224 e. The summed E-state index contributed by atoms with van der Waals surface area (Å²) in [6.07, 6.45) is 2.41. The largest absolute Gasteiger partial charge is 0.497 e. The van der Waals surface area contributed by atoms with Crippen LogP contribution in [0, 0.1) is 0 Å². The van der Waals surface area contributed by atoms with Gasteiger partial charge in [0.2, 0.25) is 5.91 Å². The third-order valence-electron chi connectivity index (χ3n) is 4.56. The van der Waals surface area contributed by atoms with Gasteiger partial charge in [0.1, 0.15) is 5.75 Å². The molecule has 0 aliphatic carbocycles. The second-order valence-corrected chi connectivity index (χ2v) is 6.42. The molecule has 0 radical (unpaired) electrons. The zero-order valence-electron chi connectivity index (χ0n) is 15.5. The first kappa shape index (κ1) is 17.8. The summed E-state index contributed by atoms with van der Waals surface area (Å²) in [7, 11) is 1.63. The number of hydrogen-bond donors (Lipinski definition) is 1. The lowest BCUT2D eigenvalue weighted by molar-refractivity contribution is -0.116. The fraction of sp³-hybridized carbons (Fsp3) is 0.130. The van der Waals surface area contributed by atoms with Crippen molar-refractivity contribution in [2.24, 2.45) is 0 Å². The molecule has 0 fully saturated rings. The second kappa shape index (κ2) is 7.96. The number of nitrogens with one attached hydrogen (secondary N) is 1. The lowest BCUT2D eigenvalue weighted by Crippen LogP contribution is -2.12. The Morgan fingerprint density at radius 1 is 1.04 bits per heavy atom. The molecular formula is C23H20N2O3. The summed E-state index contributed by atoms with van der Waals surface area (Å²) in [4.78, 5) is 16.7. The van der Waals surface area contributed by atoms with E-state index in [-0.39, 0.29) is 5.91 Å². The van der Waals surface area contributed by atoms with E-state index in [1.807, 2.05) is 66.7 Å². The fourth-order valence-electron chi connectivity index (χ4n) is 3.08. The Kier molecular flexibility index (Phi) is 5.06. The number of benzene rings is 3. The summed E-state index contributed by atoms with van der Waals surface area (Å²) in [6, 6.07) is 21.4. The number of hydrogen-bond acceptors (Lipinski definition) is 4. The van der Waals surface area contributed by atoms with Gasteiger partial charge in [0.05, 0.1) is 13.3 Å². The predicted octanol–water partition coefficient (Wildman–Crippen LogP) is 5.07. The van der Waals surface area contributed by atoms with Crippen molar-refractivity contribution in [2.45, 2.75) is 12.8 Å². The lowest BCUT2D eigenvalue weighted by atomic mass is 10.1. The highest BCUT2D eigenvalue weighted by Crippen LogP contribution is 2.25.